The van der Waals surface area contributed by atoms with E-state index >= 15 is 0 Å². The molecule has 0 spiro atoms. The highest BCUT2D eigenvalue weighted by Crippen LogP contribution is 2.35. The second-order valence-corrected chi connectivity index (χ2v) is 5.62. The predicted octanol–water partition coefficient (Wildman–Crippen LogP) is 2.50. The Labute approximate surface area is 124 Å². The van der Waals surface area contributed by atoms with Crippen LogP contribution in [0.2, 0.25) is 0 Å². The quantitative estimate of drug-likeness (QED) is 0.870. The van der Waals surface area contributed by atoms with Gasteiger partial charge in [0, 0.05) is 6.54 Å². The highest BCUT2D eigenvalue weighted by molar-refractivity contribution is 7.80. The van der Waals surface area contributed by atoms with Gasteiger partial charge in [0.2, 0.25) is 5.91 Å². The van der Waals surface area contributed by atoms with E-state index in [9.17, 15) is 4.79 Å². The molecule has 0 saturated heterocycles. The predicted molar refractivity (Wildman–Crippen MR) is 84.1 cm³/mol. The first-order chi connectivity index (χ1) is 9.50. The van der Waals surface area contributed by atoms with Crippen LogP contribution in [-0.2, 0) is 4.79 Å². The smallest absolute Gasteiger partial charge is 0.239 e. The lowest BCUT2D eigenvalue weighted by Gasteiger charge is -2.32. The maximum Gasteiger partial charge on any atom is 0.239 e. The molecule has 4 nitrogen and oxygen atoms in total. The standard InChI is InChI=1S/C15H20N2O2S/c1-3-15(2,13(16)20)14(18)17-9-6-10-19-12-8-5-4-7-11(12)17/h4-5,7-8H,3,6,9-10H2,1-2H3,(H2,16,20). The number of carbonyl (C=O) groups is 1. The van der Waals surface area contributed by atoms with Crippen molar-refractivity contribution in [3.05, 3.63) is 24.3 Å². The Morgan fingerprint density at radius 2 is 2.20 bits per heavy atom. The Hall–Kier alpha value is -1.62. The number of nitrogens with zero attached hydrogens (tertiary/aromatic N) is 1. The van der Waals surface area contributed by atoms with Gasteiger partial charge < -0.3 is 15.4 Å². The van der Waals surface area contributed by atoms with Crippen LogP contribution in [0.15, 0.2) is 24.3 Å². The molecule has 1 aliphatic heterocycles. The molecule has 1 atom stereocenters. The summed E-state index contributed by atoms with van der Waals surface area (Å²) in [4.78, 5) is 14.9. The molecule has 1 unspecified atom stereocenters. The third kappa shape index (κ3) is 2.50. The molecule has 108 valence electrons. The van der Waals surface area contributed by atoms with Crippen LogP contribution in [0.25, 0.3) is 0 Å². The molecule has 0 fully saturated rings. The summed E-state index contributed by atoms with van der Waals surface area (Å²) < 4.78 is 5.68. The van der Waals surface area contributed by atoms with E-state index in [2.05, 4.69) is 0 Å². The maximum absolute atomic E-state index is 12.9. The Morgan fingerprint density at radius 1 is 1.50 bits per heavy atom. The number of ether oxygens (including phenoxy) is 1. The van der Waals surface area contributed by atoms with Gasteiger partial charge in [-0.25, -0.2) is 0 Å². The van der Waals surface area contributed by atoms with E-state index in [1.54, 1.807) is 4.90 Å². The van der Waals surface area contributed by atoms with E-state index in [-0.39, 0.29) is 10.9 Å². The van der Waals surface area contributed by atoms with Crippen molar-refractivity contribution < 1.29 is 9.53 Å². The van der Waals surface area contributed by atoms with E-state index in [0.29, 0.717) is 19.6 Å². The zero-order valence-corrected chi connectivity index (χ0v) is 12.7. The van der Waals surface area contributed by atoms with Crippen molar-refractivity contribution in [1.82, 2.24) is 0 Å². The molecular weight excluding hydrogens is 272 g/mol. The van der Waals surface area contributed by atoms with Crippen molar-refractivity contribution in [3.63, 3.8) is 0 Å². The SMILES string of the molecule is CCC(C)(C(=O)N1CCCOc2ccccc21)C(N)=S. The Kier molecular flexibility index (Phi) is 4.28. The summed E-state index contributed by atoms with van der Waals surface area (Å²) in [6.07, 6.45) is 1.37. The lowest BCUT2D eigenvalue weighted by Crippen LogP contribution is -2.49. The van der Waals surface area contributed by atoms with Gasteiger partial charge in [-0.05, 0) is 31.9 Å². The third-order valence-electron chi connectivity index (χ3n) is 3.91. The molecule has 1 amide bonds. The van der Waals surface area contributed by atoms with E-state index in [1.807, 2.05) is 38.1 Å². The summed E-state index contributed by atoms with van der Waals surface area (Å²) in [5.41, 5.74) is 5.79. The number of rotatable bonds is 3. The molecule has 20 heavy (non-hydrogen) atoms. The fraction of sp³-hybridized carbons (Fsp3) is 0.467. The summed E-state index contributed by atoms with van der Waals surface area (Å²) in [7, 11) is 0. The van der Waals surface area contributed by atoms with Crippen molar-refractivity contribution in [1.29, 1.82) is 0 Å². The van der Waals surface area contributed by atoms with Crippen LogP contribution in [0, 0.1) is 5.41 Å². The number of amides is 1. The monoisotopic (exact) mass is 292 g/mol. The van der Waals surface area contributed by atoms with Crippen LogP contribution >= 0.6 is 12.2 Å². The average molecular weight is 292 g/mol. The molecule has 1 heterocycles. The minimum absolute atomic E-state index is 0.0505. The summed E-state index contributed by atoms with van der Waals surface area (Å²) in [6.45, 7) is 4.97. The molecule has 0 saturated carbocycles. The van der Waals surface area contributed by atoms with Gasteiger partial charge in [0.15, 0.2) is 0 Å². The van der Waals surface area contributed by atoms with Gasteiger partial charge in [-0.15, -0.1) is 0 Å². The molecule has 0 aromatic heterocycles. The zero-order chi connectivity index (χ0) is 14.8. The number of carbonyl (C=O) groups excluding carboxylic acids is 1. The molecule has 0 radical (unpaired) electrons. The van der Waals surface area contributed by atoms with Crippen molar-refractivity contribution in [3.8, 4) is 5.75 Å². The Morgan fingerprint density at radius 3 is 2.85 bits per heavy atom. The van der Waals surface area contributed by atoms with Crippen LogP contribution in [-0.4, -0.2) is 24.0 Å². The first-order valence-corrected chi connectivity index (χ1v) is 7.25. The average Bonchev–Trinajstić information content (AvgIpc) is 2.67. The molecule has 0 aliphatic carbocycles. The van der Waals surface area contributed by atoms with Crippen molar-refractivity contribution >= 4 is 28.8 Å². The summed E-state index contributed by atoms with van der Waals surface area (Å²) >= 11 is 5.11. The second-order valence-electron chi connectivity index (χ2n) is 5.18. The molecule has 2 rings (SSSR count). The third-order valence-corrected chi connectivity index (χ3v) is 4.36. The lowest BCUT2D eigenvalue weighted by molar-refractivity contribution is -0.124. The van der Waals surface area contributed by atoms with E-state index in [0.717, 1.165) is 17.9 Å². The van der Waals surface area contributed by atoms with E-state index in [4.69, 9.17) is 22.7 Å². The van der Waals surface area contributed by atoms with Gasteiger partial charge in [0.1, 0.15) is 5.75 Å². The lowest BCUT2D eigenvalue weighted by atomic mass is 9.85. The first kappa shape index (κ1) is 14.8. The Balaban J connectivity index is 2.42. The normalized spacial score (nSPS) is 17.4. The topological polar surface area (TPSA) is 55.6 Å². The van der Waals surface area contributed by atoms with Crippen LogP contribution in [0.3, 0.4) is 0 Å². The van der Waals surface area contributed by atoms with Crippen LogP contribution in [0.5, 0.6) is 5.75 Å². The first-order valence-electron chi connectivity index (χ1n) is 6.84. The number of thiocarbonyl (C=S) groups is 1. The summed E-state index contributed by atoms with van der Waals surface area (Å²) in [5.74, 6) is 0.685. The van der Waals surface area contributed by atoms with Crippen molar-refractivity contribution in [2.45, 2.75) is 26.7 Å². The molecule has 5 heteroatoms. The van der Waals surface area contributed by atoms with Gasteiger partial charge in [0.25, 0.3) is 0 Å². The molecule has 1 aromatic carbocycles. The number of anilines is 1. The largest absolute Gasteiger partial charge is 0.491 e. The van der Waals surface area contributed by atoms with Gasteiger partial charge in [-0.1, -0.05) is 31.3 Å². The summed E-state index contributed by atoms with van der Waals surface area (Å²) in [5, 5.41) is 0. The van der Waals surface area contributed by atoms with Crippen LogP contribution in [0.1, 0.15) is 26.7 Å². The van der Waals surface area contributed by atoms with Crippen LogP contribution in [0.4, 0.5) is 5.69 Å². The maximum atomic E-state index is 12.9. The number of nitrogens with two attached hydrogens (primary N) is 1. The number of fused-ring (bicyclic) bond motifs is 1. The van der Waals surface area contributed by atoms with E-state index in [1.165, 1.54) is 0 Å². The fourth-order valence-corrected chi connectivity index (χ4v) is 2.50. The minimum Gasteiger partial charge on any atom is -0.491 e. The fourth-order valence-electron chi connectivity index (χ4n) is 2.27. The van der Waals surface area contributed by atoms with Crippen molar-refractivity contribution in [2.24, 2.45) is 11.1 Å². The zero-order valence-electron chi connectivity index (χ0n) is 11.9. The van der Waals surface area contributed by atoms with Gasteiger partial charge >= 0.3 is 0 Å². The van der Waals surface area contributed by atoms with Crippen molar-refractivity contribution in [2.75, 3.05) is 18.1 Å². The molecule has 1 aromatic rings. The number of hydrogen-bond acceptors (Lipinski definition) is 3. The Bertz CT molecular complexity index is 532. The molecule has 0 bridgehead atoms. The number of para-hydroxylation sites is 2. The second kappa shape index (κ2) is 5.79. The minimum atomic E-state index is -0.813. The van der Waals surface area contributed by atoms with Gasteiger partial charge in [0.05, 0.1) is 22.7 Å². The van der Waals surface area contributed by atoms with E-state index < -0.39 is 5.41 Å². The number of hydrogen-bond donors (Lipinski definition) is 1. The van der Waals surface area contributed by atoms with Gasteiger partial charge in [-0.3, -0.25) is 4.79 Å². The number of benzene rings is 1. The summed E-state index contributed by atoms with van der Waals surface area (Å²) in [6, 6.07) is 7.58. The molecule has 2 N–H and O–H groups in total. The highest BCUT2D eigenvalue weighted by atomic mass is 32.1. The van der Waals surface area contributed by atoms with Gasteiger partial charge in [-0.2, -0.15) is 0 Å². The molecular formula is C15H20N2O2S. The highest BCUT2D eigenvalue weighted by Gasteiger charge is 2.39. The molecule has 1 aliphatic rings. The van der Waals surface area contributed by atoms with Crippen LogP contribution < -0.4 is 15.4 Å².